The molecule has 0 N–H and O–H groups in total. The Morgan fingerprint density at radius 2 is 1.75 bits per heavy atom. The van der Waals surface area contributed by atoms with E-state index in [1.165, 1.54) is 17.5 Å². The molecule has 1 rings (SSSR count). The minimum atomic E-state index is -1.78. The minimum Gasteiger partial charge on any atom is -0.246 e. The van der Waals surface area contributed by atoms with Crippen LogP contribution in [-0.4, -0.2) is 8.78 Å². The van der Waals surface area contributed by atoms with E-state index in [1.807, 2.05) is 0 Å². The minimum absolute atomic E-state index is 0.367. The Kier molecular flexibility index (Phi) is 3.42. The van der Waals surface area contributed by atoms with E-state index in [0.717, 1.165) is 0 Å². The molecule has 0 atom stereocenters. The van der Waals surface area contributed by atoms with Gasteiger partial charge in [0.2, 0.25) is 8.13 Å². The smallest absolute Gasteiger partial charge is 0.229 e. The molecule has 0 radical (unpaired) electrons. The first kappa shape index (κ1) is 11.2. The highest BCUT2D eigenvalue weighted by Crippen LogP contribution is 2.53. The average molecular weight is 285 g/mol. The Morgan fingerprint density at radius 3 is 2.08 bits per heavy atom. The summed E-state index contributed by atoms with van der Waals surface area (Å²) in [6, 6.07) is 0. The molecule has 7 heteroatoms. The Hall–Kier alpha value is 1.08. The van der Waals surface area contributed by atoms with Crippen LogP contribution < -0.4 is 0 Å². The van der Waals surface area contributed by atoms with Gasteiger partial charge in [-0.25, -0.2) is 4.98 Å². The Morgan fingerprint density at radius 1 is 1.17 bits per heavy atom. The van der Waals surface area contributed by atoms with Crippen LogP contribution in [0.2, 0.25) is 0 Å². The number of alkyl halides is 5. The lowest BCUT2D eigenvalue weighted by Crippen LogP contribution is -2.27. The third-order valence-electron chi connectivity index (χ3n) is 1.06. The third kappa shape index (κ3) is 2.11. The molecule has 0 saturated carbocycles. The van der Waals surface area contributed by atoms with E-state index in [0.29, 0.717) is 5.01 Å². The van der Waals surface area contributed by atoms with Crippen molar-refractivity contribution in [3.8, 4) is 0 Å². The van der Waals surface area contributed by atoms with Crippen molar-refractivity contribution in [1.82, 2.24) is 4.98 Å². The highest BCUT2D eigenvalue weighted by atomic mass is 35.6. The zero-order chi connectivity index (χ0) is 9.41. The lowest BCUT2D eigenvalue weighted by molar-refractivity contribution is 0.863. The zero-order valence-corrected chi connectivity index (χ0v) is 10.00. The molecule has 1 heterocycles. The fourth-order valence-electron chi connectivity index (χ4n) is 0.500. The molecule has 0 saturated heterocycles. The van der Waals surface area contributed by atoms with Gasteiger partial charge in [0.05, 0.1) is 0 Å². The third-order valence-corrected chi connectivity index (χ3v) is 4.53. The van der Waals surface area contributed by atoms with Gasteiger partial charge in [-0.1, -0.05) is 58.0 Å². The molecule has 68 valence electrons. The molecule has 1 nitrogen and oxygen atoms in total. The molecule has 0 aliphatic rings. The number of thiazole rings is 1. The standard InChI is InChI=1S/C5H2Cl5NS/c6-4(7,5(8,9)10)3-11-1-2-12-3/h1-2H. The van der Waals surface area contributed by atoms with Crippen LogP contribution in [0.4, 0.5) is 0 Å². The van der Waals surface area contributed by atoms with Crippen LogP contribution in [0.25, 0.3) is 0 Å². The predicted molar refractivity (Wildman–Crippen MR) is 55.8 cm³/mol. The summed E-state index contributed by atoms with van der Waals surface area (Å²) in [5.41, 5.74) is 0. The summed E-state index contributed by atoms with van der Waals surface area (Å²) in [6.07, 6.45) is 1.54. The molecule has 0 spiro atoms. The topological polar surface area (TPSA) is 12.9 Å². The van der Waals surface area contributed by atoms with Gasteiger partial charge in [0.15, 0.2) is 0 Å². The summed E-state index contributed by atoms with van der Waals surface area (Å²) >= 11 is 29.5. The van der Waals surface area contributed by atoms with Crippen molar-refractivity contribution >= 4 is 69.3 Å². The molecule has 1 aromatic rings. The second-order valence-electron chi connectivity index (χ2n) is 1.91. The summed E-state index contributed by atoms with van der Waals surface area (Å²) in [4.78, 5) is 3.86. The second kappa shape index (κ2) is 3.68. The molecule has 0 amide bonds. The lowest BCUT2D eigenvalue weighted by Gasteiger charge is -2.24. The van der Waals surface area contributed by atoms with Gasteiger partial charge in [0.1, 0.15) is 5.01 Å². The second-order valence-corrected chi connectivity index (χ2v) is 6.41. The van der Waals surface area contributed by atoms with E-state index in [4.69, 9.17) is 58.0 Å². The first-order chi connectivity index (χ1) is 5.36. The maximum atomic E-state index is 5.80. The number of halogens is 5. The summed E-state index contributed by atoms with van der Waals surface area (Å²) in [7, 11) is 0. The van der Waals surface area contributed by atoms with Gasteiger partial charge in [0.25, 0.3) is 0 Å². The van der Waals surface area contributed by atoms with Crippen molar-refractivity contribution in [2.45, 2.75) is 8.13 Å². The van der Waals surface area contributed by atoms with Gasteiger partial charge in [-0.3, -0.25) is 0 Å². The number of hydrogen-bond acceptors (Lipinski definition) is 2. The summed E-state index contributed by atoms with van der Waals surface area (Å²) in [5.74, 6) is 0. The number of aromatic nitrogens is 1. The molecule has 0 bridgehead atoms. The first-order valence-corrected chi connectivity index (χ1v) is 5.47. The van der Waals surface area contributed by atoms with Gasteiger partial charge in [0, 0.05) is 11.6 Å². The number of nitrogens with zero attached hydrogens (tertiary/aromatic N) is 1. The van der Waals surface area contributed by atoms with Crippen LogP contribution in [-0.2, 0) is 4.33 Å². The maximum Gasteiger partial charge on any atom is 0.229 e. The van der Waals surface area contributed by atoms with E-state index < -0.39 is 8.13 Å². The zero-order valence-electron chi connectivity index (χ0n) is 5.40. The number of hydrogen-bond donors (Lipinski definition) is 0. The van der Waals surface area contributed by atoms with Gasteiger partial charge in [-0.05, 0) is 0 Å². The van der Waals surface area contributed by atoms with Crippen molar-refractivity contribution in [3.63, 3.8) is 0 Å². The number of rotatable bonds is 1. The van der Waals surface area contributed by atoms with E-state index in [9.17, 15) is 0 Å². The summed E-state index contributed by atoms with van der Waals surface area (Å²) < 4.78 is -3.38. The Labute approximate surface area is 98.5 Å². The van der Waals surface area contributed by atoms with Crippen molar-refractivity contribution in [2.75, 3.05) is 0 Å². The van der Waals surface area contributed by atoms with Gasteiger partial charge in [-0.15, -0.1) is 11.3 Å². The normalized spacial score (nSPS) is 13.4. The van der Waals surface area contributed by atoms with Crippen LogP contribution in [0.3, 0.4) is 0 Å². The van der Waals surface area contributed by atoms with E-state index in [2.05, 4.69) is 4.98 Å². The molecular weight excluding hydrogens is 283 g/mol. The van der Waals surface area contributed by atoms with Crippen molar-refractivity contribution in [2.24, 2.45) is 0 Å². The van der Waals surface area contributed by atoms with Gasteiger partial charge >= 0.3 is 0 Å². The molecule has 0 fully saturated rings. The van der Waals surface area contributed by atoms with E-state index in [-0.39, 0.29) is 0 Å². The van der Waals surface area contributed by atoms with Crippen LogP contribution >= 0.6 is 69.3 Å². The van der Waals surface area contributed by atoms with E-state index >= 15 is 0 Å². The highest BCUT2D eigenvalue weighted by molar-refractivity contribution is 7.10. The first-order valence-electron chi connectivity index (χ1n) is 2.70. The van der Waals surface area contributed by atoms with Gasteiger partial charge in [-0.2, -0.15) is 0 Å². The van der Waals surface area contributed by atoms with Crippen molar-refractivity contribution in [1.29, 1.82) is 0 Å². The SMILES string of the molecule is ClC(Cl)(Cl)C(Cl)(Cl)c1nccs1. The molecule has 1 aromatic heterocycles. The fourth-order valence-corrected chi connectivity index (χ4v) is 1.97. The van der Waals surface area contributed by atoms with Gasteiger partial charge < -0.3 is 0 Å². The van der Waals surface area contributed by atoms with Crippen LogP contribution in [0.5, 0.6) is 0 Å². The van der Waals surface area contributed by atoms with Crippen molar-refractivity contribution in [3.05, 3.63) is 16.6 Å². The monoisotopic (exact) mass is 283 g/mol. The van der Waals surface area contributed by atoms with Crippen LogP contribution in [0.1, 0.15) is 5.01 Å². The van der Waals surface area contributed by atoms with E-state index in [1.54, 1.807) is 5.38 Å². The van der Waals surface area contributed by atoms with Crippen LogP contribution in [0, 0.1) is 0 Å². The molecule has 0 aliphatic heterocycles. The van der Waals surface area contributed by atoms with Crippen LogP contribution in [0.15, 0.2) is 11.6 Å². The predicted octanol–water partition coefficient (Wildman–Crippen LogP) is 4.14. The Balaban J connectivity index is 3.02. The molecule has 0 unspecified atom stereocenters. The Bertz CT molecular complexity index is 251. The molecule has 12 heavy (non-hydrogen) atoms. The summed E-state index contributed by atoms with van der Waals surface area (Å²) in [5, 5.41) is 2.07. The quantitative estimate of drug-likeness (QED) is 0.707. The largest absolute Gasteiger partial charge is 0.246 e. The fraction of sp³-hybridized carbons (Fsp3) is 0.400. The molecular formula is C5H2Cl5NS. The van der Waals surface area contributed by atoms with Crippen molar-refractivity contribution < 1.29 is 0 Å². The average Bonchev–Trinajstić information content (AvgIpc) is 2.34. The molecule has 0 aliphatic carbocycles. The molecule has 0 aromatic carbocycles. The summed E-state index contributed by atoms with van der Waals surface area (Å²) in [6.45, 7) is 0. The maximum absolute atomic E-state index is 5.80. The highest BCUT2D eigenvalue weighted by Gasteiger charge is 2.49. The lowest BCUT2D eigenvalue weighted by atomic mass is 10.5.